The van der Waals surface area contributed by atoms with Crippen LogP contribution in [-0.2, 0) is 17.9 Å². The van der Waals surface area contributed by atoms with Gasteiger partial charge in [-0.3, -0.25) is 9.69 Å². The monoisotopic (exact) mass is 374 g/mol. The maximum absolute atomic E-state index is 13.8. The van der Waals surface area contributed by atoms with Gasteiger partial charge in [0.05, 0.1) is 5.92 Å². The minimum atomic E-state index is -0.264. The van der Waals surface area contributed by atoms with Gasteiger partial charge in [0.1, 0.15) is 5.82 Å². The van der Waals surface area contributed by atoms with E-state index < -0.39 is 0 Å². The lowest BCUT2D eigenvalue weighted by Gasteiger charge is -2.34. The first-order chi connectivity index (χ1) is 12.5. The first kappa shape index (κ1) is 18.9. The summed E-state index contributed by atoms with van der Waals surface area (Å²) in [5, 5.41) is 0.732. The SMILES string of the molecule is CN(Cc1ccccc1F)C(=O)[C@H]1CCCN(Cc2ccc(Cl)cc2)C1. The van der Waals surface area contributed by atoms with Crippen LogP contribution in [0.15, 0.2) is 48.5 Å². The van der Waals surface area contributed by atoms with Crippen LogP contribution < -0.4 is 0 Å². The van der Waals surface area contributed by atoms with Gasteiger partial charge in [0, 0.05) is 37.3 Å². The summed E-state index contributed by atoms with van der Waals surface area (Å²) >= 11 is 5.94. The Morgan fingerprint density at radius 1 is 1.23 bits per heavy atom. The predicted molar refractivity (Wildman–Crippen MR) is 102 cm³/mol. The van der Waals surface area contributed by atoms with Crippen LogP contribution in [0.2, 0.25) is 5.02 Å². The van der Waals surface area contributed by atoms with Crippen LogP contribution in [0.3, 0.4) is 0 Å². The van der Waals surface area contributed by atoms with Crippen molar-refractivity contribution in [1.82, 2.24) is 9.80 Å². The van der Waals surface area contributed by atoms with Crippen LogP contribution in [0.4, 0.5) is 4.39 Å². The molecule has 1 atom stereocenters. The predicted octanol–water partition coefficient (Wildman–Crippen LogP) is 4.35. The zero-order valence-corrected chi connectivity index (χ0v) is 15.8. The Bertz CT molecular complexity index is 750. The normalized spacial score (nSPS) is 17.9. The van der Waals surface area contributed by atoms with Gasteiger partial charge in [-0.2, -0.15) is 0 Å². The van der Waals surface area contributed by atoms with Crippen molar-refractivity contribution in [2.45, 2.75) is 25.9 Å². The molecule has 0 radical (unpaired) electrons. The Balaban J connectivity index is 1.58. The fourth-order valence-electron chi connectivity index (χ4n) is 3.52. The molecule has 2 aromatic carbocycles. The average molecular weight is 375 g/mol. The Hall–Kier alpha value is -1.91. The molecule has 26 heavy (non-hydrogen) atoms. The molecular weight excluding hydrogens is 351 g/mol. The first-order valence-corrected chi connectivity index (χ1v) is 9.36. The summed E-state index contributed by atoms with van der Waals surface area (Å²) < 4.78 is 13.8. The van der Waals surface area contributed by atoms with Gasteiger partial charge >= 0.3 is 0 Å². The summed E-state index contributed by atoms with van der Waals surface area (Å²) in [6.45, 7) is 2.85. The summed E-state index contributed by atoms with van der Waals surface area (Å²) in [6.07, 6.45) is 1.88. The fraction of sp³-hybridized carbons (Fsp3) is 0.381. The third-order valence-electron chi connectivity index (χ3n) is 4.92. The lowest BCUT2D eigenvalue weighted by atomic mass is 9.96. The quantitative estimate of drug-likeness (QED) is 0.776. The molecule has 0 aliphatic carbocycles. The van der Waals surface area contributed by atoms with Gasteiger partial charge in [-0.15, -0.1) is 0 Å². The number of amides is 1. The highest BCUT2D eigenvalue weighted by Crippen LogP contribution is 2.22. The van der Waals surface area contributed by atoms with E-state index in [0.29, 0.717) is 12.1 Å². The van der Waals surface area contributed by atoms with Crippen molar-refractivity contribution < 1.29 is 9.18 Å². The zero-order chi connectivity index (χ0) is 18.5. The standard InChI is InChI=1S/C21H24ClFN2O/c1-24(14-17-5-2-3-7-20(17)23)21(26)18-6-4-12-25(15-18)13-16-8-10-19(22)11-9-16/h2-3,5,7-11,18H,4,6,12-15H2,1H3/t18-/m0/s1. The van der Waals surface area contributed by atoms with Gasteiger partial charge < -0.3 is 4.90 Å². The van der Waals surface area contributed by atoms with Crippen LogP contribution in [-0.4, -0.2) is 35.8 Å². The minimum Gasteiger partial charge on any atom is -0.341 e. The number of rotatable bonds is 5. The number of carbonyl (C=O) groups excluding carboxylic acids is 1. The van der Waals surface area contributed by atoms with Crippen LogP contribution in [0.25, 0.3) is 0 Å². The second kappa shape index (κ2) is 8.65. The molecule has 3 nitrogen and oxygen atoms in total. The number of nitrogens with zero attached hydrogens (tertiary/aromatic N) is 2. The summed E-state index contributed by atoms with van der Waals surface area (Å²) in [4.78, 5) is 16.8. The second-order valence-corrected chi connectivity index (χ2v) is 7.42. The molecule has 0 bridgehead atoms. The number of benzene rings is 2. The molecule has 1 saturated heterocycles. The van der Waals surface area contributed by atoms with E-state index in [2.05, 4.69) is 4.90 Å². The first-order valence-electron chi connectivity index (χ1n) is 8.98. The molecule has 2 aromatic rings. The van der Waals surface area contributed by atoms with E-state index >= 15 is 0 Å². The van der Waals surface area contributed by atoms with E-state index in [-0.39, 0.29) is 17.6 Å². The number of carbonyl (C=O) groups is 1. The summed E-state index contributed by atoms with van der Waals surface area (Å²) in [7, 11) is 1.76. The van der Waals surface area contributed by atoms with Crippen molar-refractivity contribution in [3.05, 3.63) is 70.5 Å². The van der Waals surface area contributed by atoms with Crippen molar-refractivity contribution in [3.8, 4) is 0 Å². The van der Waals surface area contributed by atoms with Crippen molar-refractivity contribution in [2.75, 3.05) is 20.1 Å². The Morgan fingerprint density at radius 3 is 2.69 bits per heavy atom. The molecule has 1 amide bonds. The molecule has 1 aliphatic heterocycles. The van der Waals surface area contributed by atoms with Crippen LogP contribution >= 0.6 is 11.6 Å². The Kier molecular flexibility index (Phi) is 6.28. The Morgan fingerprint density at radius 2 is 1.96 bits per heavy atom. The number of hydrogen-bond acceptors (Lipinski definition) is 2. The molecule has 5 heteroatoms. The van der Waals surface area contributed by atoms with Crippen molar-refractivity contribution in [2.24, 2.45) is 5.92 Å². The zero-order valence-electron chi connectivity index (χ0n) is 15.0. The highest BCUT2D eigenvalue weighted by molar-refractivity contribution is 6.30. The van der Waals surface area contributed by atoms with E-state index in [4.69, 9.17) is 11.6 Å². The third kappa shape index (κ3) is 4.83. The summed E-state index contributed by atoms with van der Waals surface area (Å²) in [5.41, 5.74) is 1.75. The topological polar surface area (TPSA) is 23.6 Å². The molecular formula is C21H24ClFN2O. The van der Waals surface area contributed by atoms with E-state index in [0.717, 1.165) is 37.5 Å². The van der Waals surface area contributed by atoms with Crippen molar-refractivity contribution in [1.29, 1.82) is 0 Å². The van der Waals surface area contributed by atoms with Crippen LogP contribution in [0.1, 0.15) is 24.0 Å². The van der Waals surface area contributed by atoms with E-state index in [9.17, 15) is 9.18 Å². The molecule has 1 heterocycles. The second-order valence-electron chi connectivity index (χ2n) is 6.99. The van der Waals surface area contributed by atoms with Crippen LogP contribution in [0, 0.1) is 11.7 Å². The maximum atomic E-state index is 13.8. The molecule has 138 valence electrons. The average Bonchev–Trinajstić information content (AvgIpc) is 2.65. The van der Waals surface area contributed by atoms with Gasteiger partial charge in [-0.05, 0) is 43.1 Å². The maximum Gasteiger partial charge on any atom is 0.227 e. The van der Waals surface area contributed by atoms with Crippen LogP contribution in [0.5, 0.6) is 0 Å². The minimum absolute atomic E-state index is 0.0344. The van der Waals surface area contributed by atoms with E-state index in [1.165, 1.54) is 11.6 Å². The smallest absolute Gasteiger partial charge is 0.227 e. The molecule has 1 aliphatic rings. The van der Waals surface area contributed by atoms with Gasteiger partial charge in [0.25, 0.3) is 0 Å². The number of hydrogen-bond donors (Lipinski definition) is 0. The van der Waals surface area contributed by atoms with E-state index in [1.54, 1.807) is 30.1 Å². The molecule has 1 fully saturated rings. The lowest BCUT2D eigenvalue weighted by Crippen LogP contribution is -2.43. The number of halogens is 2. The molecule has 0 N–H and O–H groups in total. The van der Waals surface area contributed by atoms with Gasteiger partial charge in [0.2, 0.25) is 5.91 Å². The fourth-order valence-corrected chi connectivity index (χ4v) is 3.65. The van der Waals surface area contributed by atoms with Gasteiger partial charge in [-0.1, -0.05) is 41.9 Å². The number of likely N-dealkylation sites (tertiary alicyclic amines) is 1. The number of piperidine rings is 1. The Labute approximate surface area is 159 Å². The van der Waals surface area contributed by atoms with Crippen molar-refractivity contribution >= 4 is 17.5 Å². The molecule has 0 saturated carbocycles. The molecule has 0 spiro atoms. The van der Waals surface area contributed by atoms with Gasteiger partial charge in [-0.25, -0.2) is 4.39 Å². The molecule has 3 rings (SSSR count). The van der Waals surface area contributed by atoms with Gasteiger partial charge in [0.15, 0.2) is 0 Å². The highest BCUT2D eigenvalue weighted by Gasteiger charge is 2.28. The molecule has 0 unspecified atom stereocenters. The largest absolute Gasteiger partial charge is 0.341 e. The highest BCUT2D eigenvalue weighted by atomic mass is 35.5. The third-order valence-corrected chi connectivity index (χ3v) is 5.17. The summed E-state index contributed by atoms with van der Waals surface area (Å²) in [6, 6.07) is 14.5. The van der Waals surface area contributed by atoms with Crippen molar-refractivity contribution in [3.63, 3.8) is 0 Å². The lowest BCUT2D eigenvalue weighted by molar-refractivity contribution is -0.136. The van der Waals surface area contributed by atoms with E-state index in [1.807, 2.05) is 24.3 Å². The summed E-state index contributed by atoms with van der Waals surface area (Å²) in [5.74, 6) is -0.206. The molecule has 0 aromatic heterocycles.